The summed E-state index contributed by atoms with van der Waals surface area (Å²) in [4.78, 5) is 3.30. The molecule has 3 N–H and O–H groups in total. The Hall–Kier alpha value is -1.28. The summed E-state index contributed by atoms with van der Waals surface area (Å²) in [6, 6.07) is 8.69. The maximum atomic E-state index is 6.19. The number of aromatic amines is 1. The van der Waals surface area contributed by atoms with Crippen molar-refractivity contribution >= 4 is 10.9 Å². The first kappa shape index (κ1) is 12.2. The summed E-state index contributed by atoms with van der Waals surface area (Å²) in [5, 5.41) is 1.31. The summed E-state index contributed by atoms with van der Waals surface area (Å²) in [5.41, 5.74) is 8.74. The summed E-state index contributed by atoms with van der Waals surface area (Å²) in [5.74, 6) is 0.740. The van der Waals surface area contributed by atoms with E-state index < -0.39 is 0 Å². The standard InChI is InChI=1S/C15H22N2/c1-11(2)7-8-13(16)9-12-10-17-15-6-4-3-5-14(12)15/h3-6,10-11,13,17H,7-9,16H2,1-2H3. The smallest absolute Gasteiger partial charge is 0.0456 e. The molecule has 1 unspecified atom stereocenters. The zero-order valence-electron chi connectivity index (χ0n) is 10.7. The molecular formula is C15H22N2. The highest BCUT2D eigenvalue weighted by Gasteiger charge is 2.09. The van der Waals surface area contributed by atoms with Gasteiger partial charge in [-0.25, -0.2) is 0 Å². The van der Waals surface area contributed by atoms with Crippen LogP contribution in [0, 0.1) is 5.92 Å². The van der Waals surface area contributed by atoms with Gasteiger partial charge in [0.1, 0.15) is 0 Å². The maximum absolute atomic E-state index is 6.19. The van der Waals surface area contributed by atoms with Crippen LogP contribution in [0.3, 0.4) is 0 Å². The van der Waals surface area contributed by atoms with Crippen LogP contribution in [0.15, 0.2) is 30.5 Å². The van der Waals surface area contributed by atoms with Gasteiger partial charge in [-0.2, -0.15) is 0 Å². The highest BCUT2D eigenvalue weighted by molar-refractivity contribution is 5.83. The molecule has 0 aliphatic rings. The Kier molecular flexibility index (Phi) is 3.85. The van der Waals surface area contributed by atoms with E-state index in [9.17, 15) is 0 Å². The second kappa shape index (κ2) is 5.37. The van der Waals surface area contributed by atoms with Crippen LogP contribution in [0.1, 0.15) is 32.3 Å². The molecule has 0 bridgehead atoms. The van der Waals surface area contributed by atoms with Crippen LogP contribution in [0.4, 0.5) is 0 Å². The van der Waals surface area contributed by atoms with Crippen molar-refractivity contribution in [1.82, 2.24) is 4.98 Å². The third-order valence-electron chi connectivity index (χ3n) is 3.27. The molecule has 0 fully saturated rings. The van der Waals surface area contributed by atoms with Gasteiger partial charge in [-0.05, 0) is 36.8 Å². The van der Waals surface area contributed by atoms with E-state index in [2.05, 4.69) is 49.3 Å². The summed E-state index contributed by atoms with van der Waals surface area (Å²) in [7, 11) is 0. The van der Waals surface area contributed by atoms with Gasteiger partial charge in [0.2, 0.25) is 0 Å². The number of rotatable bonds is 5. The minimum Gasteiger partial charge on any atom is -0.361 e. The fraction of sp³-hybridized carbons (Fsp3) is 0.467. The highest BCUT2D eigenvalue weighted by Crippen LogP contribution is 2.20. The fourth-order valence-electron chi connectivity index (χ4n) is 2.23. The number of benzene rings is 1. The molecule has 92 valence electrons. The van der Waals surface area contributed by atoms with Crippen LogP contribution in [0.25, 0.3) is 10.9 Å². The van der Waals surface area contributed by atoms with Crippen molar-refractivity contribution in [2.45, 2.75) is 39.2 Å². The number of nitrogens with two attached hydrogens (primary N) is 1. The number of aromatic nitrogens is 1. The molecule has 0 radical (unpaired) electrons. The van der Waals surface area contributed by atoms with E-state index in [-0.39, 0.29) is 6.04 Å². The summed E-state index contributed by atoms with van der Waals surface area (Å²) < 4.78 is 0. The summed E-state index contributed by atoms with van der Waals surface area (Å²) >= 11 is 0. The number of hydrogen-bond acceptors (Lipinski definition) is 1. The molecule has 0 amide bonds. The third kappa shape index (κ3) is 3.10. The molecule has 2 heteroatoms. The van der Waals surface area contributed by atoms with Crippen molar-refractivity contribution in [3.63, 3.8) is 0 Å². The zero-order valence-corrected chi connectivity index (χ0v) is 10.7. The number of nitrogens with one attached hydrogen (secondary N) is 1. The number of hydrogen-bond donors (Lipinski definition) is 2. The highest BCUT2D eigenvalue weighted by atomic mass is 14.7. The van der Waals surface area contributed by atoms with Gasteiger partial charge in [-0.3, -0.25) is 0 Å². The van der Waals surface area contributed by atoms with Crippen molar-refractivity contribution < 1.29 is 0 Å². The molecule has 0 saturated carbocycles. The van der Waals surface area contributed by atoms with Crippen LogP contribution < -0.4 is 5.73 Å². The van der Waals surface area contributed by atoms with Crippen molar-refractivity contribution in [2.75, 3.05) is 0 Å². The maximum Gasteiger partial charge on any atom is 0.0456 e. The van der Waals surface area contributed by atoms with Crippen molar-refractivity contribution in [1.29, 1.82) is 0 Å². The average Bonchev–Trinajstić information content (AvgIpc) is 2.70. The van der Waals surface area contributed by atoms with Crippen molar-refractivity contribution in [3.8, 4) is 0 Å². The Morgan fingerprint density at radius 1 is 1.18 bits per heavy atom. The quantitative estimate of drug-likeness (QED) is 0.811. The van der Waals surface area contributed by atoms with Gasteiger partial charge in [0.05, 0.1) is 0 Å². The first-order valence-corrected chi connectivity index (χ1v) is 6.47. The van der Waals surface area contributed by atoms with E-state index in [1.807, 2.05) is 0 Å². The van der Waals surface area contributed by atoms with E-state index in [4.69, 9.17) is 5.73 Å². The lowest BCUT2D eigenvalue weighted by Gasteiger charge is -2.12. The van der Waals surface area contributed by atoms with Gasteiger partial charge in [-0.1, -0.05) is 32.0 Å². The van der Waals surface area contributed by atoms with E-state index in [0.717, 1.165) is 18.8 Å². The van der Waals surface area contributed by atoms with Crippen molar-refractivity contribution in [3.05, 3.63) is 36.0 Å². The second-order valence-electron chi connectivity index (χ2n) is 5.29. The van der Waals surface area contributed by atoms with Gasteiger partial charge in [0.25, 0.3) is 0 Å². The lowest BCUT2D eigenvalue weighted by Crippen LogP contribution is -2.23. The van der Waals surface area contributed by atoms with Gasteiger partial charge < -0.3 is 10.7 Å². The molecule has 1 atom stereocenters. The normalized spacial score (nSPS) is 13.4. The van der Waals surface area contributed by atoms with E-state index in [0.29, 0.717) is 0 Å². The molecule has 17 heavy (non-hydrogen) atoms. The Labute approximate surface area is 103 Å². The van der Waals surface area contributed by atoms with Gasteiger partial charge in [-0.15, -0.1) is 0 Å². The molecule has 0 aliphatic heterocycles. The van der Waals surface area contributed by atoms with Crippen LogP contribution in [-0.2, 0) is 6.42 Å². The molecule has 0 spiro atoms. The first-order chi connectivity index (χ1) is 8.16. The van der Waals surface area contributed by atoms with Gasteiger partial charge >= 0.3 is 0 Å². The lowest BCUT2D eigenvalue weighted by atomic mass is 9.98. The SMILES string of the molecule is CC(C)CCC(N)Cc1c[nH]c2ccccc12. The number of H-pyrrole nitrogens is 1. The molecule has 2 rings (SSSR count). The summed E-state index contributed by atoms with van der Waals surface area (Å²) in [6.07, 6.45) is 5.39. The Balaban J connectivity index is 2.03. The molecule has 2 aromatic rings. The predicted octanol–water partition coefficient (Wildman–Crippen LogP) is 3.47. The van der Waals surface area contributed by atoms with E-state index >= 15 is 0 Å². The first-order valence-electron chi connectivity index (χ1n) is 6.47. The average molecular weight is 230 g/mol. The largest absolute Gasteiger partial charge is 0.361 e. The van der Waals surface area contributed by atoms with Crippen LogP contribution in [-0.4, -0.2) is 11.0 Å². The Bertz CT molecular complexity index is 470. The third-order valence-corrected chi connectivity index (χ3v) is 3.27. The second-order valence-corrected chi connectivity index (χ2v) is 5.29. The van der Waals surface area contributed by atoms with Crippen LogP contribution >= 0.6 is 0 Å². The number of para-hydroxylation sites is 1. The molecule has 0 aliphatic carbocycles. The molecule has 0 saturated heterocycles. The molecular weight excluding hydrogens is 208 g/mol. The van der Waals surface area contributed by atoms with E-state index in [1.54, 1.807) is 0 Å². The lowest BCUT2D eigenvalue weighted by molar-refractivity contribution is 0.495. The minimum atomic E-state index is 0.275. The topological polar surface area (TPSA) is 41.8 Å². The minimum absolute atomic E-state index is 0.275. The predicted molar refractivity (Wildman–Crippen MR) is 74.1 cm³/mol. The van der Waals surface area contributed by atoms with Crippen LogP contribution in [0.5, 0.6) is 0 Å². The molecule has 1 aromatic carbocycles. The van der Waals surface area contributed by atoms with Gasteiger partial charge in [0.15, 0.2) is 0 Å². The zero-order chi connectivity index (χ0) is 12.3. The van der Waals surface area contributed by atoms with Crippen molar-refractivity contribution in [2.24, 2.45) is 11.7 Å². The monoisotopic (exact) mass is 230 g/mol. The summed E-state index contributed by atoms with van der Waals surface area (Å²) in [6.45, 7) is 4.50. The Morgan fingerprint density at radius 2 is 1.94 bits per heavy atom. The van der Waals surface area contributed by atoms with E-state index in [1.165, 1.54) is 22.9 Å². The fourth-order valence-corrected chi connectivity index (χ4v) is 2.23. The van der Waals surface area contributed by atoms with Crippen LogP contribution in [0.2, 0.25) is 0 Å². The molecule has 2 nitrogen and oxygen atoms in total. The Morgan fingerprint density at radius 3 is 2.71 bits per heavy atom. The number of fused-ring (bicyclic) bond motifs is 1. The molecule has 1 heterocycles. The molecule has 1 aromatic heterocycles. The van der Waals surface area contributed by atoms with Gasteiger partial charge in [0, 0.05) is 23.1 Å².